The monoisotopic (exact) mass is 372 g/mol. The molecule has 0 unspecified atom stereocenters. The molecule has 0 saturated heterocycles. The maximum absolute atomic E-state index is 12.5. The third-order valence-corrected chi connectivity index (χ3v) is 6.13. The lowest BCUT2D eigenvalue weighted by Crippen LogP contribution is -2.22. The molecule has 1 saturated carbocycles. The summed E-state index contributed by atoms with van der Waals surface area (Å²) in [6.45, 7) is 7.29. The predicted octanol–water partition coefficient (Wildman–Crippen LogP) is 4.68. The van der Waals surface area contributed by atoms with Gasteiger partial charge in [-0.3, -0.25) is 15.0 Å². The van der Waals surface area contributed by atoms with Gasteiger partial charge in [0.05, 0.1) is 0 Å². The maximum Gasteiger partial charge on any atom is 0.257 e. The van der Waals surface area contributed by atoms with Crippen LogP contribution >= 0.6 is 11.3 Å². The zero-order valence-corrected chi connectivity index (χ0v) is 16.5. The quantitative estimate of drug-likeness (QED) is 0.767. The number of rotatable bonds is 7. The van der Waals surface area contributed by atoms with Gasteiger partial charge in [-0.1, -0.05) is 56.6 Å². The summed E-state index contributed by atoms with van der Waals surface area (Å²) < 4.78 is 0. The summed E-state index contributed by atoms with van der Waals surface area (Å²) in [6, 6.07) is 7.83. The van der Waals surface area contributed by atoms with Crippen molar-refractivity contribution in [2.45, 2.75) is 58.4 Å². The summed E-state index contributed by atoms with van der Waals surface area (Å²) in [5.41, 5.74) is 1.88. The van der Waals surface area contributed by atoms with E-state index in [1.807, 2.05) is 24.3 Å². The van der Waals surface area contributed by atoms with Gasteiger partial charge in [0.25, 0.3) is 5.91 Å². The van der Waals surface area contributed by atoms with E-state index in [9.17, 15) is 4.79 Å². The van der Waals surface area contributed by atoms with E-state index < -0.39 is 0 Å². The number of anilines is 1. The first-order valence-electron chi connectivity index (χ1n) is 9.65. The average Bonchev–Trinajstić information content (AvgIpc) is 3.15. The second kappa shape index (κ2) is 9.24. The molecule has 6 heteroatoms. The van der Waals surface area contributed by atoms with E-state index in [1.54, 1.807) is 0 Å². The van der Waals surface area contributed by atoms with Crippen LogP contribution in [0.4, 0.5) is 5.13 Å². The Kier molecular flexibility index (Phi) is 6.74. The Morgan fingerprint density at radius 3 is 2.46 bits per heavy atom. The van der Waals surface area contributed by atoms with Gasteiger partial charge in [-0.05, 0) is 43.6 Å². The Morgan fingerprint density at radius 2 is 1.81 bits per heavy atom. The Morgan fingerprint density at radius 1 is 1.12 bits per heavy atom. The number of carbonyl (C=O) groups is 1. The fourth-order valence-electron chi connectivity index (χ4n) is 3.44. The molecule has 1 amide bonds. The molecule has 3 rings (SSSR count). The number of amides is 1. The highest BCUT2D eigenvalue weighted by Gasteiger charge is 2.20. The maximum atomic E-state index is 12.5. The van der Waals surface area contributed by atoms with Gasteiger partial charge in [-0.2, -0.15) is 0 Å². The minimum Gasteiger partial charge on any atom is -0.300 e. The number of aromatic nitrogens is 2. The highest BCUT2D eigenvalue weighted by Crippen LogP contribution is 2.35. The van der Waals surface area contributed by atoms with Gasteiger partial charge in [0.1, 0.15) is 5.01 Å². The molecule has 0 aliphatic heterocycles. The van der Waals surface area contributed by atoms with Crippen molar-refractivity contribution >= 4 is 22.4 Å². The minimum atomic E-state index is -0.120. The van der Waals surface area contributed by atoms with Crippen LogP contribution in [0, 0.1) is 0 Å². The highest BCUT2D eigenvalue weighted by molar-refractivity contribution is 7.15. The van der Waals surface area contributed by atoms with Crippen molar-refractivity contribution in [1.29, 1.82) is 0 Å². The van der Waals surface area contributed by atoms with Crippen LogP contribution < -0.4 is 5.32 Å². The van der Waals surface area contributed by atoms with Crippen LogP contribution in [0.3, 0.4) is 0 Å². The number of benzene rings is 1. The van der Waals surface area contributed by atoms with Gasteiger partial charge in [0.2, 0.25) is 5.13 Å². The van der Waals surface area contributed by atoms with Gasteiger partial charge in [0, 0.05) is 18.0 Å². The molecule has 26 heavy (non-hydrogen) atoms. The van der Waals surface area contributed by atoms with E-state index >= 15 is 0 Å². The smallest absolute Gasteiger partial charge is 0.257 e. The average molecular weight is 373 g/mol. The summed E-state index contributed by atoms with van der Waals surface area (Å²) >= 11 is 1.52. The molecule has 0 radical (unpaired) electrons. The molecule has 1 fully saturated rings. The molecule has 2 aromatic rings. The summed E-state index contributed by atoms with van der Waals surface area (Å²) in [5, 5.41) is 13.0. The van der Waals surface area contributed by atoms with Crippen molar-refractivity contribution in [2.75, 3.05) is 18.4 Å². The number of hydrogen-bond acceptors (Lipinski definition) is 5. The largest absolute Gasteiger partial charge is 0.300 e. The Bertz CT molecular complexity index is 703. The standard InChI is InChI=1S/C20H28N4OS/c1-3-24(4-2)14-15-10-12-16(13-11-15)18(25)21-20-23-22-19(26-20)17-8-6-5-7-9-17/h10-13,17H,3-9,14H2,1-2H3,(H,21,23,25). The van der Waals surface area contributed by atoms with Crippen LogP contribution in [0.2, 0.25) is 0 Å². The van der Waals surface area contributed by atoms with Crippen LogP contribution in [-0.2, 0) is 6.54 Å². The number of carbonyl (C=O) groups excluding carboxylic acids is 1. The molecule has 140 valence electrons. The van der Waals surface area contributed by atoms with Gasteiger partial charge in [0.15, 0.2) is 0 Å². The molecule has 1 aliphatic carbocycles. The fourth-order valence-corrected chi connectivity index (χ4v) is 4.34. The highest BCUT2D eigenvalue weighted by atomic mass is 32.1. The fraction of sp³-hybridized carbons (Fsp3) is 0.550. The first kappa shape index (κ1) is 19.0. The predicted molar refractivity (Wildman–Crippen MR) is 107 cm³/mol. The molecule has 1 N–H and O–H groups in total. The molecule has 1 aromatic heterocycles. The normalized spacial score (nSPS) is 15.3. The molecule has 0 spiro atoms. The van der Waals surface area contributed by atoms with Crippen LogP contribution in [-0.4, -0.2) is 34.1 Å². The van der Waals surface area contributed by atoms with Gasteiger partial charge in [-0.15, -0.1) is 10.2 Å². The molecule has 1 aromatic carbocycles. The van der Waals surface area contributed by atoms with Crippen molar-refractivity contribution in [2.24, 2.45) is 0 Å². The van der Waals surface area contributed by atoms with E-state index in [-0.39, 0.29) is 5.91 Å². The second-order valence-electron chi connectivity index (χ2n) is 6.89. The van der Waals surface area contributed by atoms with Crippen molar-refractivity contribution in [3.05, 3.63) is 40.4 Å². The molecule has 1 aliphatic rings. The van der Waals surface area contributed by atoms with E-state index in [1.165, 1.54) is 49.0 Å². The summed E-state index contributed by atoms with van der Waals surface area (Å²) in [7, 11) is 0. The number of hydrogen-bond donors (Lipinski definition) is 1. The lowest BCUT2D eigenvalue weighted by molar-refractivity contribution is 0.102. The van der Waals surface area contributed by atoms with Crippen molar-refractivity contribution in [1.82, 2.24) is 15.1 Å². The molecule has 0 atom stereocenters. The third-order valence-electron chi connectivity index (χ3n) is 5.13. The summed E-state index contributed by atoms with van der Waals surface area (Å²) in [5.74, 6) is 0.400. The zero-order valence-electron chi connectivity index (χ0n) is 15.7. The number of nitrogens with one attached hydrogen (secondary N) is 1. The van der Waals surface area contributed by atoms with Crippen molar-refractivity contribution in [3.8, 4) is 0 Å². The lowest BCUT2D eigenvalue weighted by Gasteiger charge is -2.18. The van der Waals surface area contributed by atoms with E-state index in [0.717, 1.165) is 24.6 Å². The third kappa shape index (κ3) is 4.89. The van der Waals surface area contributed by atoms with E-state index in [0.29, 0.717) is 16.6 Å². The summed E-state index contributed by atoms with van der Waals surface area (Å²) in [6.07, 6.45) is 6.24. The van der Waals surface area contributed by atoms with Crippen LogP contribution in [0.5, 0.6) is 0 Å². The molecule has 5 nitrogen and oxygen atoms in total. The molecule has 1 heterocycles. The SMILES string of the molecule is CCN(CC)Cc1ccc(C(=O)Nc2nnc(C3CCCCC3)s2)cc1. The van der Waals surface area contributed by atoms with E-state index in [4.69, 9.17) is 0 Å². The molecular weight excluding hydrogens is 344 g/mol. The zero-order chi connectivity index (χ0) is 18.4. The van der Waals surface area contributed by atoms with Gasteiger partial charge >= 0.3 is 0 Å². The van der Waals surface area contributed by atoms with Crippen molar-refractivity contribution in [3.63, 3.8) is 0 Å². The van der Waals surface area contributed by atoms with Crippen LogP contribution in [0.1, 0.15) is 72.8 Å². The van der Waals surface area contributed by atoms with Crippen LogP contribution in [0.15, 0.2) is 24.3 Å². The van der Waals surface area contributed by atoms with E-state index in [2.05, 4.69) is 34.3 Å². The number of nitrogens with zero attached hydrogens (tertiary/aromatic N) is 3. The topological polar surface area (TPSA) is 58.1 Å². The van der Waals surface area contributed by atoms with Gasteiger partial charge < -0.3 is 0 Å². The Hall–Kier alpha value is -1.79. The van der Waals surface area contributed by atoms with Crippen molar-refractivity contribution < 1.29 is 4.79 Å². The molecular formula is C20H28N4OS. The first-order valence-corrected chi connectivity index (χ1v) is 10.5. The van der Waals surface area contributed by atoms with Gasteiger partial charge in [-0.25, -0.2) is 0 Å². The second-order valence-corrected chi connectivity index (χ2v) is 7.90. The first-order chi connectivity index (χ1) is 12.7. The Balaban J connectivity index is 1.58. The minimum absolute atomic E-state index is 0.120. The van der Waals surface area contributed by atoms with Crippen LogP contribution in [0.25, 0.3) is 0 Å². The summed E-state index contributed by atoms with van der Waals surface area (Å²) in [4.78, 5) is 14.8. The lowest BCUT2D eigenvalue weighted by atomic mass is 9.90. The Labute approximate surface area is 159 Å². The molecule has 0 bridgehead atoms.